The SMILES string of the molecule is COc1ccc(CCN2C(=O)O[C@@H]3CN(C(C)=O)C[C@@H]32)cc1. The van der Waals surface area contributed by atoms with Crippen molar-refractivity contribution in [2.75, 3.05) is 26.7 Å². The van der Waals surface area contributed by atoms with E-state index < -0.39 is 0 Å². The fourth-order valence-corrected chi connectivity index (χ4v) is 3.06. The summed E-state index contributed by atoms with van der Waals surface area (Å²) in [5.74, 6) is 0.845. The molecule has 0 aromatic heterocycles. The number of carbonyl (C=O) groups excluding carboxylic acids is 2. The molecule has 2 atom stereocenters. The normalized spacial score (nSPS) is 23.5. The Morgan fingerprint density at radius 1 is 1.32 bits per heavy atom. The summed E-state index contributed by atoms with van der Waals surface area (Å²) in [4.78, 5) is 26.9. The Bertz CT molecular complexity index is 572. The van der Waals surface area contributed by atoms with Crippen molar-refractivity contribution in [3.63, 3.8) is 0 Å². The van der Waals surface area contributed by atoms with E-state index in [0.29, 0.717) is 19.6 Å². The molecule has 118 valence electrons. The third-order valence-corrected chi connectivity index (χ3v) is 4.37. The van der Waals surface area contributed by atoms with Gasteiger partial charge in [0.2, 0.25) is 5.91 Å². The molecule has 2 fully saturated rings. The molecule has 2 saturated heterocycles. The van der Waals surface area contributed by atoms with E-state index in [1.165, 1.54) is 0 Å². The van der Waals surface area contributed by atoms with Crippen molar-refractivity contribution in [1.29, 1.82) is 0 Å². The molecule has 0 saturated carbocycles. The number of benzene rings is 1. The van der Waals surface area contributed by atoms with Gasteiger partial charge in [-0.15, -0.1) is 0 Å². The monoisotopic (exact) mass is 304 g/mol. The van der Waals surface area contributed by atoms with Gasteiger partial charge in [0.15, 0.2) is 0 Å². The van der Waals surface area contributed by atoms with Crippen molar-refractivity contribution in [2.24, 2.45) is 0 Å². The standard InChI is InChI=1S/C16H20N2O4/c1-11(19)17-9-14-15(10-17)22-16(20)18(14)8-7-12-3-5-13(21-2)6-4-12/h3-6,14-15H,7-10H2,1-2H3/t14-,15+/m0/s1. The number of hydrogen-bond donors (Lipinski definition) is 0. The maximum Gasteiger partial charge on any atom is 0.410 e. The van der Waals surface area contributed by atoms with Gasteiger partial charge in [0.25, 0.3) is 0 Å². The lowest BCUT2D eigenvalue weighted by molar-refractivity contribution is -0.128. The third kappa shape index (κ3) is 2.73. The molecule has 0 unspecified atom stereocenters. The maximum absolute atomic E-state index is 12.0. The summed E-state index contributed by atoms with van der Waals surface area (Å²) in [6.07, 6.45) is 0.293. The first-order chi connectivity index (χ1) is 10.6. The highest BCUT2D eigenvalue weighted by Gasteiger charge is 2.47. The van der Waals surface area contributed by atoms with Gasteiger partial charge in [-0.3, -0.25) is 9.69 Å². The quantitative estimate of drug-likeness (QED) is 0.841. The Labute approximate surface area is 129 Å². The first kappa shape index (κ1) is 14.7. The van der Waals surface area contributed by atoms with Gasteiger partial charge in [0.05, 0.1) is 19.7 Å². The van der Waals surface area contributed by atoms with Crippen LogP contribution >= 0.6 is 0 Å². The molecule has 0 radical (unpaired) electrons. The van der Waals surface area contributed by atoms with Crippen molar-refractivity contribution in [3.05, 3.63) is 29.8 Å². The Kier molecular flexibility index (Phi) is 3.92. The van der Waals surface area contributed by atoms with Gasteiger partial charge in [-0.2, -0.15) is 0 Å². The molecule has 0 bridgehead atoms. The molecule has 6 heteroatoms. The van der Waals surface area contributed by atoms with Crippen LogP contribution in [-0.2, 0) is 16.0 Å². The van der Waals surface area contributed by atoms with Crippen LogP contribution in [0, 0.1) is 0 Å². The number of hydrogen-bond acceptors (Lipinski definition) is 4. The maximum atomic E-state index is 12.0. The number of ether oxygens (including phenoxy) is 2. The molecule has 2 aliphatic rings. The third-order valence-electron chi connectivity index (χ3n) is 4.37. The lowest BCUT2D eigenvalue weighted by Crippen LogP contribution is -2.39. The average molecular weight is 304 g/mol. The van der Waals surface area contributed by atoms with Crippen molar-refractivity contribution in [2.45, 2.75) is 25.5 Å². The van der Waals surface area contributed by atoms with Gasteiger partial charge >= 0.3 is 6.09 Å². The largest absolute Gasteiger partial charge is 0.497 e. The second-order valence-electron chi connectivity index (χ2n) is 5.71. The minimum Gasteiger partial charge on any atom is -0.497 e. The molecule has 3 rings (SSSR count). The molecular formula is C16H20N2O4. The number of fused-ring (bicyclic) bond motifs is 1. The smallest absolute Gasteiger partial charge is 0.410 e. The number of methoxy groups -OCH3 is 1. The molecule has 2 amide bonds. The van der Waals surface area contributed by atoms with Crippen molar-refractivity contribution >= 4 is 12.0 Å². The molecule has 6 nitrogen and oxygen atoms in total. The molecule has 0 N–H and O–H groups in total. The van der Waals surface area contributed by atoms with E-state index in [0.717, 1.165) is 17.7 Å². The highest BCUT2D eigenvalue weighted by atomic mass is 16.6. The van der Waals surface area contributed by atoms with Gasteiger partial charge < -0.3 is 14.4 Å². The summed E-state index contributed by atoms with van der Waals surface area (Å²) < 4.78 is 10.5. The molecule has 1 aromatic carbocycles. The summed E-state index contributed by atoms with van der Waals surface area (Å²) in [6.45, 7) is 3.21. The minimum absolute atomic E-state index is 0.0188. The number of nitrogens with zero attached hydrogens (tertiary/aromatic N) is 2. The van der Waals surface area contributed by atoms with Gasteiger partial charge in [0.1, 0.15) is 11.9 Å². The van der Waals surface area contributed by atoms with Crippen LogP contribution in [0.3, 0.4) is 0 Å². The van der Waals surface area contributed by atoms with Gasteiger partial charge in [-0.25, -0.2) is 4.79 Å². The summed E-state index contributed by atoms with van der Waals surface area (Å²) in [5.41, 5.74) is 1.14. The van der Waals surface area contributed by atoms with Crippen LogP contribution in [0.4, 0.5) is 4.79 Å². The molecule has 22 heavy (non-hydrogen) atoms. The topological polar surface area (TPSA) is 59.1 Å². The number of carbonyl (C=O) groups is 2. The number of amides is 2. The van der Waals surface area contributed by atoms with E-state index in [-0.39, 0.29) is 24.1 Å². The Hall–Kier alpha value is -2.24. The highest BCUT2D eigenvalue weighted by Crippen LogP contribution is 2.27. The summed E-state index contributed by atoms with van der Waals surface area (Å²) >= 11 is 0. The lowest BCUT2D eigenvalue weighted by Gasteiger charge is -2.21. The fourth-order valence-electron chi connectivity index (χ4n) is 3.06. The lowest BCUT2D eigenvalue weighted by atomic mass is 10.1. The van der Waals surface area contributed by atoms with Crippen LogP contribution in [0.2, 0.25) is 0 Å². The first-order valence-electron chi connectivity index (χ1n) is 7.44. The van der Waals surface area contributed by atoms with Crippen LogP contribution in [0.5, 0.6) is 5.75 Å². The zero-order valence-corrected chi connectivity index (χ0v) is 12.8. The fraction of sp³-hybridized carbons (Fsp3) is 0.500. The molecule has 1 aromatic rings. The average Bonchev–Trinajstić information content (AvgIpc) is 3.03. The Morgan fingerprint density at radius 2 is 2.05 bits per heavy atom. The Morgan fingerprint density at radius 3 is 2.68 bits per heavy atom. The van der Waals surface area contributed by atoms with Crippen LogP contribution in [-0.4, -0.2) is 60.7 Å². The zero-order chi connectivity index (χ0) is 15.7. The van der Waals surface area contributed by atoms with Gasteiger partial charge in [-0.05, 0) is 24.1 Å². The molecule has 0 aliphatic carbocycles. The van der Waals surface area contributed by atoms with E-state index in [2.05, 4.69) is 0 Å². The van der Waals surface area contributed by atoms with Crippen molar-refractivity contribution < 1.29 is 19.1 Å². The molecule has 0 spiro atoms. The van der Waals surface area contributed by atoms with Crippen LogP contribution < -0.4 is 4.74 Å². The second-order valence-corrected chi connectivity index (χ2v) is 5.71. The van der Waals surface area contributed by atoms with Gasteiger partial charge in [0, 0.05) is 20.0 Å². The summed E-state index contributed by atoms with van der Waals surface area (Å²) in [7, 11) is 1.64. The molecular weight excluding hydrogens is 284 g/mol. The minimum atomic E-state index is -0.272. The summed E-state index contributed by atoms with van der Waals surface area (Å²) in [6, 6.07) is 7.79. The Balaban J connectivity index is 1.61. The molecule has 2 aliphatic heterocycles. The van der Waals surface area contributed by atoms with E-state index in [1.54, 1.807) is 23.8 Å². The van der Waals surface area contributed by atoms with Gasteiger partial charge in [-0.1, -0.05) is 12.1 Å². The van der Waals surface area contributed by atoms with E-state index in [1.807, 2.05) is 24.3 Å². The predicted octanol–water partition coefficient (Wildman–Crippen LogP) is 1.29. The second kappa shape index (κ2) is 5.87. The predicted molar refractivity (Wildman–Crippen MR) is 79.7 cm³/mol. The van der Waals surface area contributed by atoms with Crippen LogP contribution in [0.1, 0.15) is 12.5 Å². The summed E-state index contributed by atoms with van der Waals surface area (Å²) in [5, 5.41) is 0. The van der Waals surface area contributed by atoms with E-state index >= 15 is 0 Å². The first-order valence-corrected chi connectivity index (χ1v) is 7.44. The molecule has 2 heterocycles. The van der Waals surface area contributed by atoms with Crippen molar-refractivity contribution in [1.82, 2.24) is 9.80 Å². The number of rotatable bonds is 4. The van der Waals surface area contributed by atoms with Crippen molar-refractivity contribution in [3.8, 4) is 5.75 Å². The zero-order valence-electron chi connectivity index (χ0n) is 12.8. The highest BCUT2D eigenvalue weighted by molar-refractivity contribution is 5.75. The van der Waals surface area contributed by atoms with E-state index in [9.17, 15) is 9.59 Å². The van der Waals surface area contributed by atoms with Crippen LogP contribution in [0.25, 0.3) is 0 Å². The van der Waals surface area contributed by atoms with E-state index in [4.69, 9.17) is 9.47 Å². The number of likely N-dealkylation sites (tertiary alicyclic amines) is 1. The van der Waals surface area contributed by atoms with Crippen LogP contribution in [0.15, 0.2) is 24.3 Å².